The number of halogens is 5. The van der Waals surface area contributed by atoms with Gasteiger partial charge in [-0.25, -0.2) is 12.8 Å². The highest BCUT2D eigenvalue weighted by atomic mass is 35.7. The molecule has 0 aliphatic rings. The summed E-state index contributed by atoms with van der Waals surface area (Å²) in [5.41, 5.74) is 4.06. The Morgan fingerprint density at radius 3 is 2.35 bits per heavy atom. The zero-order valence-electron chi connectivity index (χ0n) is 7.62. The lowest BCUT2D eigenvalue weighted by Gasteiger charge is -2.09. The summed E-state index contributed by atoms with van der Waals surface area (Å²) in [5.74, 6) is -2.77. The molecule has 0 aliphatic carbocycles. The second-order valence-electron chi connectivity index (χ2n) is 2.65. The van der Waals surface area contributed by atoms with E-state index in [4.69, 9.17) is 16.4 Å². The van der Waals surface area contributed by atoms with Crippen molar-refractivity contribution in [2.45, 2.75) is 11.4 Å². The predicted molar refractivity (Wildman–Crippen MR) is 48.3 cm³/mol. The van der Waals surface area contributed by atoms with Gasteiger partial charge in [-0.3, -0.25) is 0 Å². The number of nitrogens with two attached hydrogens (primary N) is 1. The Bertz CT molecular complexity index is 545. The van der Waals surface area contributed by atoms with Crippen molar-refractivity contribution in [2.24, 2.45) is 0 Å². The van der Waals surface area contributed by atoms with Gasteiger partial charge >= 0.3 is 6.36 Å². The fraction of sp³-hybridized carbons (Fsp3) is 0.167. The van der Waals surface area contributed by atoms with Crippen LogP contribution in [0.2, 0.25) is 0 Å². The van der Waals surface area contributed by atoms with Gasteiger partial charge in [0.05, 0.1) is 5.69 Å². The maximum Gasteiger partial charge on any atom is 0.574 e. The number of nitrogen functional groups attached to an aromatic ring is 1. The first-order chi connectivity index (χ1) is 7.50. The van der Waals surface area contributed by atoms with Crippen molar-refractivity contribution in [2.75, 3.05) is 5.73 Å². The molecular weight excluding hydrogens is 292 g/mol. The molecule has 0 bridgehead atoms. The van der Waals surface area contributed by atoms with Crippen LogP contribution in [0.3, 0.4) is 0 Å². The molecule has 0 aliphatic heterocycles. The van der Waals surface area contributed by atoms with E-state index in [1.807, 2.05) is 0 Å². The Kier molecular flexibility index (Phi) is 3.39. The molecule has 96 valence electrons. The molecule has 0 saturated heterocycles. The number of aromatic nitrogens is 1. The lowest BCUT2D eigenvalue weighted by molar-refractivity contribution is -0.276. The van der Waals surface area contributed by atoms with Crippen LogP contribution >= 0.6 is 10.7 Å². The van der Waals surface area contributed by atoms with Crippen LogP contribution in [0.5, 0.6) is 5.88 Å². The van der Waals surface area contributed by atoms with Crippen LogP contribution in [-0.2, 0) is 9.05 Å². The summed E-state index contributed by atoms with van der Waals surface area (Å²) >= 11 is 0. The van der Waals surface area contributed by atoms with Crippen LogP contribution in [0.4, 0.5) is 23.2 Å². The van der Waals surface area contributed by atoms with Gasteiger partial charge in [0.15, 0.2) is 5.82 Å². The second-order valence-corrected chi connectivity index (χ2v) is 5.14. The number of rotatable bonds is 2. The van der Waals surface area contributed by atoms with E-state index in [0.29, 0.717) is 6.07 Å². The number of hydrogen-bond acceptors (Lipinski definition) is 5. The lowest BCUT2D eigenvalue weighted by atomic mass is 10.4. The molecule has 0 fully saturated rings. The van der Waals surface area contributed by atoms with Crippen molar-refractivity contribution >= 4 is 25.4 Å². The molecule has 0 saturated carbocycles. The maximum absolute atomic E-state index is 13.1. The van der Waals surface area contributed by atoms with Crippen LogP contribution in [0.25, 0.3) is 0 Å². The lowest BCUT2D eigenvalue weighted by Crippen LogP contribution is -2.19. The molecule has 5 nitrogen and oxygen atoms in total. The molecule has 1 heterocycles. The third-order valence-electron chi connectivity index (χ3n) is 1.38. The van der Waals surface area contributed by atoms with E-state index in [2.05, 4.69) is 9.72 Å². The molecule has 1 aromatic rings. The average molecular weight is 295 g/mol. The number of pyridine rings is 1. The topological polar surface area (TPSA) is 82.3 Å². The van der Waals surface area contributed by atoms with Crippen molar-refractivity contribution < 1.29 is 30.7 Å². The first-order valence-electron chi connectivity index (χ1n) is 3.67. The maximum atomic E-state index is 13.1. The number of alkyl halides is 3. The molecule has 2 N–H and O–H groups in total. The van der Waals surface area contributed by atoms with Crippen molar-refractivity contribution in [1.82, 2.24) is 4.98 Å². The van der Waals surface area contributed by atoms with Gasteiger partial charge < -0.3 is 10.5 Å². The van der Waals surface area contributed by atoms with Crippen molar-refractivity contribution in [3.8, 4) is 5.88 Å². The summed E-state index contributed by atoms with van der Waals surface area (Å²) in [4.78, 5) is 2.77. The highest BCUT2D eigenvalue weighted by Crippen LogP contribution is 2.28. The summed E-state index contributed by atoms with van der Waals surface area (Å²) in [6, 6.07) is 0.383. The van der Waals surface area contributed by atoms with Gasteiger partial charge in [0.25, 0.3) is 9.05 Å². The van der Waals surface area contributed by atoms with Gasteiger partial charge in [0.2, 0.25) is 10.9 Å². The number of nitrogens with zero attached hydrogens (tertiary/aromatic N) is 1. The van der Waals surface area contributed by atoms with Crippen molar-refractivity contribution in [3.63, 3.8) is 0 Å². The van der Waals surface area contributed by atoms with E-state index in [1.54, 1.807) is 0 Å². The SMILES string of the molecule is Nc1cc(OC(F)(F)F)nc(S(=O)(=O)Cl)c1F. The number of ether oxygens (including phenoxy) is 1. The normalized spacial score (nSPS) is 12.5. The average Bonchev–Trinajstić information content (AvgIpc) is 2.06. The smallest absolute Gasteiger partial charge is 0.396 e. The molecule has 0 unspecified atom stereocenters. The monoisotopic (exact) mass is 294 g/mol. The Balaban J connectivity index is 3.35. The summed E-state index contributed by atoms with van der Waals surface area (Å²) < 4.78 is 73.5. The van der Waals surface area contributed by atoms with Gasteiger partial charge in [0, 0.05) is 16.7 Å². The predicted octanol–water partition coefficient (Wildman–Crippen LogP) is 1.63. The molecule has 11 heteroatoms. The molecule has 0 amide bonds. The van der Waals surface area contributed by atoms with Crippen LogP contribution < -0.4 is 10.5 Å². The molecule has 0 atom stereocenters. The van der Waals surface area contributed by atoms with E-state index in [-0.39, 0.29) is 0 Å². The third kappa shape index (κ3) is 3.60. The van der Waals surface area contributed by atoms with Gasteiger partial charge in [0.1, 0.15) is 0 Å². The summed E-state index contributed by atoms with van der Waals surface area (Å²) in [5, 5.41) is -1.43. The molecule has 1 rings (SSSR count). The fourth-order valence-corrected chi connectivity index (χ4v) is 1.67. The zero-order valence-corrected chi connectivity index (χ0v) is 9.20. The first-order valence-corrected chi connectivity index (χ1v) is 5.98. The van der Waals surface area contributed by atoms with Gasteiger partial charge in [-0.15, -0.1) is 13.2 Å². The van der Waals surface area contributed by atoms with Crippen molar-refractivity contribution in [1.29, 1.82) is 0 Å². The Hall–Kier alpha value is -1.29. The Morgan fingerprint density at radius 2 is 1.94 bits per heavy atom. The zero-order chi connectivity index (χ0) is 13.4. The van der Waals surface area contributed by atoms with Gasteiger partial charge in [-0.05, 0) is 0 Å². The van der Waals surface area contributed by atoms with E-state index >= 15 is 0 Å². The number of anilines is 1. The van der Waals surface area contributed by atoms with E-state index < -0.39 is 37.8 Å². The summed E-state index contributed by atoms with van der Waals surface area (Å²) in [6.07, 6.45) is -5.12. The van der Waals surface area contributed by atoms with Crippen LogP contribution in [-0.4, -0.2) is 19.8 Å². The molecule has 0 spiro atoms. The molecular formula is C6H3ClF4N2O3S. The van der Waals surface area contributed by atoms with Crippen molar-refractivity contribution in [3.05, 3.63) is 11.9 Å². The Morgan fingerprint density at radius 1 is 1.41 bits per heavy atom. The number of hydrogen-bond donors (Lipinski definition) is 1. The van der Waals surface area contributed by atoms with E-state index in [1.165, 1.54) is 0 Å². The van der Waals surface area contributed by atoms with E-state index in [0.717, 1.165) is 0 Å². The minimum absolute atomic E-state index is 0.383. The van der Waals surface area contributed by atoms with E-state index in [9.17, 15) is 26.0 Å². The summed E-state index contributed by atoms with van der Waals surface area (Å²) in [7, 11) is 0.0811. The molecule has 17 heavy (non-hydrogen) atoms. The van der Waals surface area contributed by atoms with Gasteiger partial charge in [-0.1, -0.05) is 0 Å². The highest BCUT2D eigenvalue weighted by molar-refractivity contribution is 8.13. The Labute approximate surface area is 96.6 Å². The minimum atomic E-state index is -5.12. The quantitative estimate of drug-likeness (QED) is 0.662. The molecule has 0 radical (unpaired) electrons. The fourth-order valence-electron chi connectivity index (χ4n) is 0.834. The highest BCUT2D eigenvalue weighted by Gasteiger charge is 2.33. The van der Waals surface area contributed by atoms with Crippen LogP contribution in [0.15, 0.2) is 11.1 Å². The third-order valence-corrected chi connectivity index (χ3v) is 2.55. The molecule has 1 aromatic heterocycles. The summed E-state index contributed by atoms with van der Waals surface area (Å²) in [6.45, 7) is 0. The van der Waals surface area contributed by atoms with Gasteiger partial charge in [-0.2, -0.15) is 4.98 Å². The van der Waals surface area contributed by atoms with Crippen LogP contribution in [0.1, 0.15) is 0 Å². The van der Waals surface area contributed by atoms with Crippen LogP contribution in [0, 0.1) is 5.82 Å². The largest absolute Gasteiger partial charge is 0.574 e. The minimum Gasteiger partial charge on any atom is -0.396 e. The first kappa shape index (κ1) is 13.8. The molecule has 0 aromatic carbocycles. The standard InChI is InChI=1S/C6H3ClF4N2O3S/c7-17(14,15)5-4(8)2(12)1-3(13-5)16-6(9,10)11/h1H,(H2,12,13). The second kappa shape index (κ2) is 4.18.